The second-order valence-electron chi connectivity index (χ2n) is 5.16. The van der Waals surface area contributed by atoms with E-state index in [0.717, 1.165) is 26.1 Å². The van der Waals surface area contributed by atoms with E-state index in [0.29, 0.717) is 17.8 Å². The van der Waals surface area contributed by atoms with Gasteiger partial charge in [-0.3, -0.25) is 4.90 Å². The average Bonchev–Trinajstić information content (AvgIpc) is 2.36. The SMILES string of the molecule is CCCN(C1CNC1)C(C)c1ccc(O)c(OC)c1. The van der Waals surface area contributed by atoms with Gasteiger partial charge in [0.05, 0.1) is 7.11 Å². The summed E-state index contributed by atoms with van der Waals surface area (Å²) in [6, 6.07) is 6.59. The molecule has 0 aliphatic carbocycles. The van der Waals surface area contributed by atoms with E-state index >= 15 is 0 Å². The summed E-state index contributed by atoms with van der Waals surface area (Å²) in [5.41, 5.74) is 1.19. The van der Waals surface area contributed by atoms with Gasteiger partial charge in [-0.1, -0.05) is 13.0 Å². The van der Waals surface area contributed by atoms with E-state index in [1.807, 2.05) is 12.1 Å². The molecule has 0 radical (unpaired) electrons. The molecule has 4 nitrogen and oxygen atoms in total. The molecule has 19 heavy (non-hydrogen) atoms. The van der Waals surface area contributed by atoms with Crippen molar-refractivity contribution in [3.05, 3.63) is 23.8 Å². The molecule has 0 spiro atoms. The highest BCUT2D eigenvalue weighted by Crippen LogP contribution is 2.32. The van der Waals surface area contributed by atoms with Gasteiger partial charge in [0.15, 0.2) is 11.5 Å². The molecular weight excluding hydrogens is 240 g/mol. The smallest absolute Gasteiger partial charge is 0.160 e. The average molecular weight is 264 g/mol. The topological polar surface area (TPSA) is 44.7 Å². The van der Waals surface area contributed by atoms with Crippen LogP contribution in [0, 0.1) is 0 Å². The van der Waals surface area contributed by atoms with Crippen LogP contribution >= 0.6 is 0 Å². The van der Waals surface area contributed by atoms with E-state index in [1.165, 1.54) is 5.56 Å². The second kappa shape index (κ2) is 6.26. The van der Waals surface area contributed by atoms with Crippen molar-refractivity contribution in [1.29, 1.82) is 0 Å². The fourth-order valence-electron chi connectivity index (χ4n) is 2.60. The first-order chi connectivity index (χ1) is 9.17. The number of aromatic hydroxyl groups is 1. The Hall–Kier alpha value is -1.26. The largest absolute Gasteiger partial charge is 0.504 e. The molecule has 2 rings (SSSR count). The van der Waals surface area contributed by atoms with Crippen LogP contribution in [0.1, 0.15) is 31.9 Å². The molecule has 4 heteroatoms. The lowest BCUT2D eigenvalue weighted by atomic mass is 10.0. The lowest BCUT2D eigenvalue weighted by Gasteiger charge is -2.42. The third kappa shape index (κ3) is 3.01. The maximum atomic E-state index is 9.68. The van der Waals surface area contributed by atoms with Crippen molar-refractivity contribution in [3.63, 3.8) is 0 Å². The van der Waals surface area contributed by atoms with Gasteiger partial charge in [-0.05, 0) is 37.6 Å². The number of nitrogens with zero attached hydrogens (tertiary/aromatic N) is 1. The van der Waals surface area contributed by atoms with Gasteiger partial charge in [0.1, 0.15) is 0 Å². The zero-order valence-corrected chi connectivity index (χ0v) is 12.0. The molecule has 1 saturated heterocycles. The van der Waals surface area contributed by atoms with Crippen LogP contribution in [0.3, 0.4) is 0 Å². The van der Waals surface area contributed by atoms with E-state index in [4.69, 9.17) is 4.74 Å². The van der Waals surface area contributed by atoms with Crippen molar-refractivity contribution < 1.29 is 9.84 Å². The Morgan fingerprint density at radius 2 is 2.21 bits per heavy atom. The summed E-state index contributed by atoms with van der Waals surface area (Å²) in [5.74, 6) is 0.748. The minimum Gasteiger partial charge on any atom is -0.504 e. The van der Waals surface area contributed by atoms with Crippen molar-refractivity contribution in [2.45, 2.75) is 32.4 Å². The molecule has 0 bridgehead atoms. The first-order valence-electron chi connectivity index (χ1n) is 7.00. The Kier molecular flexibility index (Phi) is 4.66. The van der Waals surface area contributed by atoms with Crippen molar-refractivity contribution in [3.8, 4) is 11.5 Å². The summed E-state index contributed by atoms with van der Waals surface area (Å²) in [5, 5.41) is 13.0. The van der Waals surface area contributed by atoms with Crippen molar-refractivity contribution in [2.75, 3.05) is 26.7 Å². The molecule has 0 aromatic heterocycles. The number of hydrogen-bond acceptors (Lipinski definition) is 4. The predicted molar refractivity (Wildman–Crippen MR) is 76.7 cm³/mol. The Bertz CT molecular complexity index is 419. The highest BCUT2D eigenvalue weighted by molar-refractivity contribution is 5.42. The third-order valence-electron chi connectivity index (χ3n) is 3.89. The molecule has 0 saturated carbocycles. The highest BCUT2D eigenvalue weighted by Gasteiger charge is 2.28. The highest BCUT2D eigenvalue weighted by atomic mass is 16.5. The Morgan fingerprint density at radius 1 is 1.47 bits per heavy atom. The molecule has 1 aromatic carbocycles. The van der Waals surface area contributed by atoms with Gasteiger partial charge in [-0.15, -0.1) is 0 Å². The molecule has 1 aliphatic heterocycles. The van der Waals surface area contributed by atoms with Crippen LogP contribution in [-0.4, -0.2) is 42.8 Å². The van der Waals surface area contributed by atoms with E-state index < -0.39 is 0 Å². The van der Waals surface area contributed by atoms with Gasteiger partial charge >= 0.3 is 0 Å². The lowest BCUT2D eigenvalue weighted by molar-refractivity contribution is 0.103. The number of hydrogen-bond donors (Lipinski definition) is 2. The van der Waals surface area contributed by atoms with Crippen LogP contribution in [0.4, 0.5) is 0 Å². The number of methoxy groups -OCH3 is 1. The summed E-state index contributed by atoms with van der Waals surface area (Å²) >= 11 is 0. The van der Waals surface area contributed by atoms with Gasteiger partial charge in [-0.2, -0.15) is 0 Å². The van der Waals surface area contributed by atoms with E-state index in [2.05, 4.69) is 24.1 Å². The van der Waals surface area contributed by atoms with Crippen molar-refractivity contribution in [1.82, 2.24) is 10.2 Å². The first kappa shape index (κ1) is 14.2. The van der Waals surface area contributed by atoms with Gasteiger partial charge < -0.3 is 15.2 Å². The van der Waals surface area contributed by atoms with Crippen molar-refractivity contribution >= 4 is 0 Å². The maximum Gasteiger partial charge on any atom is 0.160 e. The molecule has 2 N–H and O–H groups in total. The minimum absolute atomic E-state index is 0.200. The Balaban J connectivity index is 2.17. The lowest BCUT2D eigenvalue weighted by Crippen LogP contribution is -2.57. The molecule has 1 fully saturated rings. The minimum atomic E-state index is 0.200. The number of nitrogens with one attached hydrogen (secondary N) is 1. The predicted octanol–water partition coefficient (Wildman–Crippen LogP) is 2.15. The third-order valence-corrected chi connectivity index (χ3v) is 3.89. The van der Waals surface area contributed by atoms with Crippen molar-refractivity contribution in [2.24, 2.45) is 0 Å². The summed E-state index contributed by atoms with van der Waals surface area (Å²) < 4.78 is 5.20. The van der Waals surface area contributed by atoms with Gasteiger partial charge in [0.25, 0.3) is 0 Å². The molecule has 0 amide bonds. The Morgan fingerprint density at radius 3 is 2.74 bits per heavy atom. The normalized spacial score (nSPS) is 17.3. The van der Waals surface area contributed by atoms with Gasteiger partial charge in [-0.25, -0.2) is 0 Å². The summed E-state index contributed by atoms with van der Waals surface area (Å²) in [4.78, 5) is 2.53. The number of ether oxygens (including phenoxy) is 1. The van der Waals surface area contributed by atoms with Gasteiger partial charge in [0, 0.05) is 25.2 Å². The maximum absolute atomic E-state index is 9.68. The molecule has 1 unspecified atom stereocenters. The van der Waals surface area contributed by atoms with Crippen LogP contribution in [-0.2, 0) is 0 Å². The van der Waals surface area contributed by atoms with E-state index in [1.54, 1.807) is 13.2 Å². The molecule has 1 heterocycles. The molecule has 1 aliphatic rings. The zero-order valence-electron chi connectivity index (χ0n) is 12.0. The molecule has 1 atom stereocenters. The summed E-state index contributed by atoms with van der Waals surface area (Å²) in [7, 11) is 1.59. The van der Waals surface area contributed by atoms with E-state index in [9.17, 15) is 5.11 Å². The fraction of sp³-hybridized carbons (Fsp3) is 0.600. The standard InChI is InChI=1S/C15H24N2O2/c1-4-7-17(13-9-16-10-13)11(2)12-5-6-14(18)15(8-12)19-3/h5-6,8,11,13,16,18H,4,7,9-10H2,1-3H3. The van der Waals surface area contributed by atoms with Gasteiger partial charge in [0.2, 0.25) is 0 Å². The van der Waals surface area contributed by atoms with Crippen LogP contribution in [0.15, 0.2) is 18.2 Å². The van der Waals surface area contributed by atoms with Crippen LogP contribution in [0.2, 0.25) is 0 Å². The Labute approximate surface area is 115 Å². The number of rotatable bonds is 6. The second-order valence-corrected chi connectivity index (χ2v) is 5.16. The fourth-order valence-corrected chi connectivity index (χ4v) is 2.60. The molecule has 106 valence electrons. The number of phenolic OH excluding ortho intramolecular Hbond substituents is 1. The summed E-state index contributed by atoms with van der Waals surface area (Å²) in [6.45, 7) is 7.67. The quantitative estimate of drug-likeness (QED) is 0.826. The summed E-state index contributed by atoms with van der Waals surface area (Å²) in [6.07, 6.45) is 1.15. The zero-order chi connectivity index (χ0) is 13.8. The number of phenols is 1. The monoisotopic (exact) mass is 264 g/mol. The first-order valence-corrected chi connectivity index (χ1v) is 7.00. The van der Waals surface area contributed by atoms with Crippen LogP contribution in [0.25, 0.3) is 0 Å². The molecular formula is C15H24N2O2. The van der Waals surface area contributed by atoms with Crippen LogP contribution in [0.5, 0.6) is 11.5 Å². The molecule has 1 aromatic rings. The van der Waals surface area contributed by atoms with E-state index in [-0.39, 0.29) is 5.75 Å². The number of benzene rings is 1. The van der Waals surface area contributed by atoms with Crippen LogP contribution < -0.4 is 10.1 Å².